The van der Waals surface area contributed by atoms with Crippen LogP contribution in [0.4, 0.5) is 16.2 Å². The van der Waals surface area contributed by atoms with Gasteiger partial charge in [-0.3, -0.25) is 34.7 Å². The van der Waals surface area contributed by atoms with Crippen molar-refractivity contribution in [3.8, 4) is 17.2 Å². The number of thioether (sulfide) groups is 1. The highest BCUT2D eigenvalue weighted by Crippen LogP contribution is 2.40. The minimum atomic E-state index is -0.774. The highest BCUT2D eigenvalue weighted by molar-refractivity contribution is 8.18. The predicted molar refractivity (Wildman–Crippen MR) is 140 cm³/mol. The van der Waals surface area contributed by atoms with Crippen molar-refractivity contribution in [3.63, 3.8) is 0 Å². The number of ether oxygens (including phenoxy) is 2. The van der Waals surface area contributed by atoms with Gasteiger partial charge in [-0.15, -0.1) is 0 Å². The molecule has 1 fully saturated rings. The number of rotatable bonds is 9. The van der Waals surface area contributed by atoms with E-state index in [9.17, 15) is 29.8 Å². The second-order valence-electron chi connectivity index (χ2n) is 8.16. The number of non-ortho nitro benzene ring substituents is 1. The molecule has 0 aromatic heterocycles. The fourth-order valence-corrected chi connectivity index (χ4v) is 4.44. The van der Waals surface area contributed by atoms with Crippen LogP contribution in [-0.2, 0) is 11.3 Å². The summed E-state index contributed by atoms with van der Waals surface area (Å²) >= 11 is 0.830. The number of hydrogen-bond acceptors (Lipinski definition) is 9. The highest BCUT2D eigenvalue weighted by atomic mass is 32.2. The van der Waals surface area contributed by atoms with Crippen molar-refractivity contribution < 1.29 is 28.9 Å². The molecule has 194 valence electrons. The lowest BCUT2D eigenvalue weighted by Gasteiger charge is -2.13. The van der Waals surface area contributed by atoms with Crippen LogP contribution < -0.4 is 9.47 Å². The molecule has 2 amide bonds. The number of nitro benzene ring substituents is 2. The SMILES string of the molecule is CCOc1cc(/C=C2\SC(=O)N(Cc3ccc(C)cc3)C2=O)ccc1Oc1ccc([N+](=O)[O-])cc1[N+](=O)[O-]. The van der Waals surface area contributed by atoms with Crippen LogP contribution in [-0.4, -0.2) is 32.5 Å². The Hall–Kier alpha value is -4.71. The van der Waals surface area contributed by atoms with E-state index in [0.717, 1.165) is 41.1 Å². The third kappa shape index (κ3) is 5.81. The first-order valence-electron chi connectivity index (χ1n) is 11.3. The molecule has 0 bridgehead atoms. The number of nitro groups is 2. The van der Waals surface area contributed by atoms with Gasteiger partial charge < -0.3 is 9.47 Å². The molecule has 0 radical (unpaired) electrons. The van der Waals surface area contributed by atoms with Crippen LogP contribution in [0.25, 0.3) is 6.08 Å². The van der Waals surface area contributed by atoms with Gasteiger partial charge in [0.05, 0.1) is 34.0 Å². The van der Waals surface area contributed by atoms with E-state index in [-0.39, 0.29) is 40.5 Å². The second kappa shape index (κ2) is 11.1. The zero-order valence-electron chi connectivity index (χ0n) is 20.3. The van der Waals surface area contributed by atoms with Crippen molar-refractivity contribution in [1.82, 2.24) is 4.90 Å². The van der Waals surface area contributed by atoms with E-state index < -0.39 is 27.1 Å². The average molecular weight is 536 g/mol. The molecule has 0 saturated carbocycles. The zero-order chi connectivity index (χ0) is 27.4. The number of benzene rings is 3. The summed E-state index contributed by atoms with van der Waals surface area (Å²) in [5, 5.41) is 22.1. The van der Waals surface area contributed by atoms with Crippen molar-refractivity contribution in [2.45, 2.75) is 20.4 Å². The fraction of sp³-hybridized carbons (Fsp3) is 0.154. The summed E-state index contributed by atoms with van der Waals surface area (Å²) in [5.74, 6) is -0.256. The molecular formula is C26H21N3O8S. The number of carbonyl (C=O) groups is 2. The molecule has 11 nitrogen and oxygen atoms in total. The quantitative estimate of drug-likeness (QED) is 0.177. The van der Waals surface area contributed by atoms with Crippen molar-refractivity contribution >= 4 is 40.4 Å². The third-order valence-electron chi connectivity index (χ3n) is 5.47. The minimum absolute atomic E-state index is 0.133. The molecular weight excluding hydrogens is 514 g/mol. The van der Waals surface area contributed by atoms with Crippen molar-refractivity contribution in [3.05, 3.63) is 102 Å². The molecule has 0 aliphatic carbocycles. The van der Waals surface area contributed by atoms with Gasteiger partial charge in [0, 0.05) is 6.07 Å². The molecule has 1 saturated heterocycles. The van der Waals surface area contributed by atoms with Gasteiger partial charge in [-0.2, -0.15) is 0 Å². The van der Waals surface area contributed by atoms with Gasteiger partial charge >= 0.3 is 5.69 Å². The van der Waals surface area contributed by atoms with Gasteiger partial charge in [0.2, 0.25) is 5.75 Å². The molecule has 1 heterocycles. The van der Waals surface area contributed by atoms with Gasteiger partial charge in [0.15, 0.2) is 11.5 Å². The average Bonchev–Trinajstić information content (AvgIpc) is 3.14. The Morgan fingerprint density at radius 2 is 1.63 bits per heavy atom. The lowest BCUT2D eigenvalue weighted by atomic mass is 10.1. The van der Waals surface area contributed by atoms with Gasteiger partial charge in [-0.05, 0) is 61.0 Å². The van der Waals surface area contributed by atoms with Crippen molar-refractivity contribution in [2.24, 2.45) is 0 Å². The van der Waals surface area contributed by atoms with Crippen LogP contribution >= 0.6 is 11.8 Å². The van der Waals surface area contributed by atoms with Crippen molar-refractivity contribution in [2.75, 3.05) is 6.61 Å². The maximum absolute atomic E-state index is 12.9. The molecule has 38 heavy (non-hydrogen) atoms. The molecule has 1 aliphatic rings. The molecule has 0 unspecified atom stereocenters. The smallest absolute Gasteiger partial charge is 0.318 e. The van der Waals surface area contributed by atoms with Gasteiger partial charge in [0.25, 0.3) is 16.8 Å². The fourth-order valence-electron chi connectivity index (χ4n) is 3.60. The monoisotopic (exact) mass is 535 g/mol. The molecule has 12 heteroatoms. The van der Waals surface area contributed by atoms with Gasteiger partial charge in [-0.25, -0.2) is 0 Å². The van der Waals surface area contributed by atoms with Crippen LogP contribution in [0, 0.1) is 27.2 Å². The Morgan fingerprint density at radius 1 is 0.921 bits per heavy atom. The maximum Gasteiger partial charge on any atom is 0.318 e. The second-order valence-corrected chi connectivity index (χ2v) is 9.15. The summed E-state index contributed by atoms with van der Waals surface area (Å²) in [6, 6.07) is 15.3. The summed E-state index contributed by atoms with van der Waals surface area (Å²) in [5.41, 5.74) is 1.43. The van der Waals surface area contributed by atoms with E-state index in [2.05, 4.69) is 0 Å². The Morgan fingerprint density at radius 3 is 2.29 bits per heavy atom. The molecule has 0 spiro atoms. The standard InChI is InChI=1S/C26H21N3O8S/c1-3-36-23-12-18(8-10-22(23)37-21-11-9-19(28(32)33)14-20(21)29(34)35)13-24-25(30)27(26(31)38-24)15-17-6-4-16(2)5-7-17/h4-14H,3,15H2,1-2H3/b24-13-. The summed E-state index contributed by atoms with van der Waals surface area (Å²) in [6.07, 6.45) is 1.56. The van der Waals surface area contributed by atoms with Crippen LogP contribution in [0.1, 0.15) is 23.6 Å². The Balaban J connectivity index is 1.59. The number of nitrogens with zero attached hydrogens (tertiary/aromatic N) is 3. The Bertz CT molecular complexity index is 1470. The molecule has 3 aromatic rings. The van der Waals surface area contributed by atoms with Gasteiger partial charge in [-0.1, -0.05) is 35.9 Å². The molecule has 0 N–H and O–H groups in total. The van der Waals surface area contributed by atoms with Gasteiger partial charge in [0.1, 0.15) is 0 Å². The number of amides is 2. The molecule has 3 aromatic carbocycles. The number of hydrogen-bond donors (Lipinski definition) is 0. The molecule has 0 atom stereocenters. The van der Waals surface area contributed by atoms with E-state index in [1.165, 1.54) is 11.0 Å². The molecule has 1 aliphatic heterocycles. The summed E-state index contributed by atoms with van der Waals surface area (Å²) in [6.45, 7) is 4.09. The lowest BCUT2D eigenvalue weighted by molar-refractivity contribution is -0.394. The van der Waals surface area contributed by atoms with E-state index in [4.69, 9.17) is 9.47 Å². The van der Waals surface area contributed by atoms with E-state index in [1.807, 2.05) is 31.2 Å². The van der Waals surface area contributed by atoms with E-state index >= 15 is 0 Å². The first-order chi connectivity index (χ1) is 18.2. The third-order valence-corrected chi connectivity index (χ3v) is 6.38. The summed E-state index contributed by atoms with van der Waals surface area (Å²) < 4.78 is 11.3. The first-order valence-corrected chi connectivity index (χ1v) is 12.2. The van der Waals surface area contributed by atoms with Crippen LogP contribution in [0.3, 0.4) is 0 Å². The summed E-state index contributed by atoms with van der Waals surface area (Å²) in [4.78, 5) is 47.8. The lowest BCUT2D eigenvalue weighted by Crippen LogP contribution is -2.27. The topological polar surface area (TPSA) is 142 Å². The largest absolute Gasteiger partial charge is 0.490 e. The van der Waals surface area contributed by atoms with E-state index in [1.54, 1.807) is 25.1 Å². The highest BCUT2D eigenvalue weighted by Gasteiger charge is 2.35. The van der Waals surface area contributed by atoms with Crippen LogP contribution in [0.2, 0.25) is 0 Å². The number of aryl methyl sites for hydroxylation is 1. The first kappa shape index (κ1) is 26.4. The maximum atomic E-state index is 12.9. The number of carbonyl (C=O) groups excluding carboxylic acids is 2. The normalized spacial score (nSPS) is 14.2. The Kier molecular flexibility index (Phi) is 7.72. The van der Waals surface area contributed by atoms with Crippen molar-refractivity contribution in [1.29, 1.82) is 0 Å². The number of imide groups is 1. The van der Waals surface area contributed by atoms with E-state index in [0.29, 0.717) is 5.56 Å². The van der Waals surface area contributed by atoms with Crippen LogP contribution in [0.5, 0.6) is 17.2 Å². The zero-order valence-corrected chi connectivity index (χ0v) is 21.1. The molecule has 4 rings (SSSR count). The summed E-state index contributed by atoms with van der Waals surface area (Å²) in [7, 11) is 0. The predicted octanol–water partition coefficient (Wildman–Crippen LogP) is 6.24. The van der Waals surface area contributed by atoms with Crippen LogP contribution in [0.15, 0.2) is 65.6 Å². The minimum Gasteiger partial charge on any atom is -0.490 e. The Labute approximate surface area is 221 Å².